The zero-order chi connectivity index (χ0) is 11.8. The van der Waals surface area contributed by atoms with Crippen LogP contribution in [-0.2, 0) is 0 Å². The number of nitriles is 1. The third-order valence-electron chi connectivity index (χ3n) is 2.87. The van der Waals surface area contributed by atoms with Gasteiger partial charge in [0.25, 0.3) is 0 Å². The van der Waals surface area contributed by atoms with Crippen molar-refractivity contribution >= 4 is 5.69 Å². The molecule has 84 valence electrons. The maximum Gasteiger partial charge on any atom is 0.147 e. The van der Waals surface area contributed by atoms with E-state index < -0.39 is 11.4 Å². The Morgan fingerprint density at radius 2 is 2.31 bits per heavy atom. The van der Waals surface area contributed by atoms with Gasteiger partial charge in [0.2, 0.25) is 0 Å². The molecule has 0 aliphatic carbocycles. The zero-order valence-electron chi connectivity index (χ0n) is 9.07. The molecule has 2 rings (SSSR count). The number of hydrogen-bond acceptors (Lipinski definition) is 3. The molecule has 1 heterocycles. The van der Waals surface area contributed by atoms with E-state index in [1.165, 1.54) is 6.07 Å². The van der Waals surface area contributed by atoms with Crippen molar-refractivity contribution in [3.05, 3.63) is 29.6 Å². The van der Waals surface area contributed by atoms with Crippen LogP contribution in [0.2, 0.25) is 0 Å². The summed E-state index contributed by atoms with van der Waals surface area (Å²) < 4.78 is 13.7. The minimum atomic E-state index is -0.750. The molecule has 0 aromatic heterocycles. The average Bonchev–Trinajstić information content (AvgIpc) is 2.58. The Hall–Kier alpha value is -1.60. The topological polar surface area (TPSA) is 47.3 Å². The molecule has 0 radical (unpaired) electrons. The van der Waals surface area contributed by atoms with Gasteiger partial charge >= 0.3 is 0 Å². The second kappa shape index (κ2) is 3.76. The van der Waals surface area contributed by atoms with Crippen molar-refractivity contribution in [3.8, 4) is 6.07 Å². The van der Waals surface area contributed by atoms with Crippen LogP contribution >= 0.6 is 0 Å². The third-order valence-corrected chi connectivity index (χ3v) is 2.87. The van der Waals surface area contributed by atoms with Gasteiger partial charge in [0, 0.05) is 13.1 Å². The molecule has 1 aliphatic rings. The summed E-state index contributed by atoms with van der Waals surface area (Å²) in [5.41, 5.74) is 0.0179. The van der Waals surface area contributed by atoms with Gasteiger partial charge in [-0.15, -0.1) is 0 Å². The molecule has 1 unspecified atom stereocenters. The lowest BCUT2D eigenvalue weighted by molar-refractivity contribution is 0.0839. The van der Waals surface area contributed by atoms with E-state index in [0.29, 0.717) is 30.8 Å². The van der Waals surface area contributed by atoms with Crippen LogP contribution in [0.15, 0.2) is 18.2 Å². The van der Waals surface area contributed by atoms with Gasteiger partial charge in [-0.1, -0.05) is 0 Å². The lowest BCUT2D eigenvalue weighted by Gasteiger charge is -2.21. The molecular weight excluding hydrogens is 207 g/mol. The summed E-state index contributed by atoms with van der Waals surface area (Å²) in [6, 6.07) is 6.30. The van der Waals surface area contributed by atoms with Crippen molar-refractivity contribution in [2.24, 2.45) is 0 Å². The van der Waals surface area contributed by atoms with Gasteiger partial charge in [-0.3, -0.25) is 0 Å². The second-order valence-electron chi connectivity index (χ2n) is 4.45. The largest absolute Gasteiger partial charge is 0.388 e. The summed E-state index contributed by atoms with van der Waals surface area (Å²) in [4.78, 5) is 1.80. The first-order valence-corrected chi connectivity index (χ1v) is 5.19. The smallest absolute Gasteiger partial charge is 0.147 e. The Labute approximate surface area is 93.7 Å². The summed E-state index contributed by atoms with van der Waals surface area (Å²) in [7, 11) is 0. The van der Waals surface area contributed by atoms with Gasteiger partial charge in [0.1, 0.15) is 5.82 Å². The van der Waals surface area contributed by atoms with Gasteiger partial charge in [0.15, 0.2) is 0 Å². The van der Waals surface area contributed by atoms with Crippen molar-refractivity contribution in [2.45, 2.75) is 18.9 Å². The van der Waals surface area contributed by atoms with Crippen molar-refractivity contribution in [2.75, 3.05) is 18.0 Å². The SMILES string of the molecule is CC1(O)CCN(c2ccc(C#N)cc2F)C1. The maximum atomic E-state index is 13.7. The summed E-state index contributed by atoms with van der Waals surface area (Å²) in [6.07, 6.45) is 0.631. The molecular formula is C12H13FN2O. The lowest BCUT2D eigenvalue weighted by atomic mass is 10.1. The minimum Gasteiger partial charge on any atom is -0.388 e. The van der Waals surface area contributed by atoms with Crippen LogP contribution < -0.4 is 4.90 Å². The van der Waals surface area contributed by atoms with Gasteiger partial charge in [-0.2, -0.15) is 5.26 Å². The van der Waals surface area contributed by atoms with E-state index in [-0.39, 0.29) is 0 Å². The quantitative estimate of drug-likeness (QED) is 0.783. The summed E-state index contributed by atoms with van der Waals surface area (Å²) in [5.74, 6) is -0.406. The Bertz CT molecular complexity index is 451. The van der Waals surface area contributed by atoms with E-state index in [9.17, 15) is 9.50 Å². The van der Waals surface area contributed by atoms with E-state index >= 15 is 0 Å². The number of rotatable bonds is 1. The average molecular weight is 220 g/mol. The highest BCUT2D eigenvalue weighted by Gasteiger charge is 2.32. The standard InChI is InChI=1S/C12H13FN2O/c1-12(16)4-5-15(8-12)11-3-2-9(7-14)6-10(11)13/h2-3,6,16H,4-5,8H2,1H3. The fourth-order valence-electron chi connectivity index (χ4n) is 1.98. The van der Waals surface area contributed by atoms with Crippen LogP contribution in [0.1, 0.15) is 18.9 Å². The number of hydrogen-bond donors (Lipinski definition) is 1. The van der Waals surface area contributed by atoms with Crippen LogP contribution in [0.25, 0.3) is 0 Å². The summed E-state index contributed by atoms with van der Waals surface area (Å²) in [5, 5.41) is 18.4. The van der Waals surface area contributed by atoms with Crippen molar-refractivity contribution in [3.63, 3.8) is 0 Å². The summed E-state index contributed by atoms with van der Waals surface area (Å²) >= 11 is 0. The monoisotopic (exact) mass is 220 g/mol. The van der Waals surface area contributed by atoms with E-state index in [1.54, 1.807) is 24.0 Å². The molecule has 0 amide bonds. The molecule has 1 aliphatic heterocycles. The number of benzene rings is 1. The fraction of sp³-hybridized carbons (Fsp3) is 0.417. The number of aliphatic hydroxyl groups is 1. The Morgan fingerprint density at radius 1 is 1.56 bits per heavy atom. The predicted octanol–water partition coefficient (Wildman–Crippen LogP) is 1.66. The first kappa shape index (κ1) is 10.9. The predicted molar refractivity (Wildman–Crippen MR) is 58.6 cm³/mol. The van der Waals surface area contributed by atoms with Crippen molar-refractivity contribution in [1.82, 2.24) is 0 Å². The van der Waals surface area contributed by atoms with Crippen LogP contribution in [0.3, 0.4) is 0 Å². The van der Waals surface area contributed by atoms with Crippen LogP contribution in [-0.4, -0.2) is 23.8 Å². The molecule has 1 aromatic carbocycles. The molecule has 1 aromatic rings. The highest BCUT2D eigenvalue weighted by Crippen LogP contribution is 2.28. The molecule has 0 spiro atoms. The number of anilines is 1. The zero-order valence-corrected chi connectivity index (χ0v) is 9.07. The molecule has 0 bridgehead atoms. The van der Waals surface area contributed by atoms with Gasteiger partial charge in [-0.25, -0.2) is 4.39 Å². The maximum absolute atomic E-state index is 13.7. The fourth-order valence-corrected chi connectivity index (χ4v) is 1.98. The molecule has 16 heavy (non-hydrogen) atoms. The van der Waals surface area contributed by atoms with Gasteiger partial charge in [0.05, 0.1) is 22.9 Å². The number of halogens is 1. The van der Waals surface area contributed by atoms with E-state index in [1.807, 2.05) is 6.07 Å². The number of nitrogens with zero attached hydrogens (tertiary/aromatic N) is 2. The molecule has 1 atom stereocenters. The van der Waals surface area contributed by atoms with Gasteiger partial charge in [-0.05, 0) is 31.5 Å². The van der Waals surface area contributed by atoms with Crippen LogP contribution in [0.4, 0.5) is 10.1 Å². The summed E-state index contributed by atoms with van der Waals surface area (Å²) in [6.45, 7) is 2.81. The molecule has 0 saturated carbocycles. The molecule has 4 heteroatoms. The Morgan fingerprint density at radius 3 is 2.81 bits per heavy atom. The molecule has 3 nitrogen and oxygen atoms in total. The minimum absolute atomic E-state index is 0.312. The molecule has 1 N–H and O–H groups in total. The van der Waals surface area contributed by atoms with E-state index in [2.05, 4.69) is 0 Å². The van der Waals surface area contributed by atoms with Crippen LogP contribution in [0.5, 0.6) is 0 Å². The Kier molecular flexibility index (Phi) is 2.56. The third kappa shape index (κ3) is 2.00. The second-order valence-corrected chi connectivity index (χ2v) is 4.45. The molecule has 1 fully saturated rings. The van der Waals surface area contributed by atoms with Gasteiger partial charge < -0.3 is 10.0 Å². The van der Waals surface area contributed by atoms with Crippen LogP contribution in [0, 0.1) is 17.1 Å². The Balaban J connectivity index is 2.26. The highest BCUT2D eigenvalue weighted by molar-refractivity contribution is 5.52. The highest BCUT2D eigenvalue weighted by atomic mass is 19.1. The van der Waals surface area contributed by atoms with E-state index in [0.717, 1.165) is 0 Å². The number of β-amino-alcohol motifs (C(OH)–C–C–N with tert-alkyl or cyclic N) is 1. The van der Waals surface area contributed by atoms with Crippen molar-refractivity contribution in [1.29, 1.82) is 5.26 Å². The first-order chi connectivity index (χ1) is 7.52. The van der Waals surface area contributed by atoms with Crippen molar-refractivity contribution < 1.29 is 9.50 Å². The molecule has 1 saturated heterocycles. The lowest BCUT2D eigenvalue weighted by Crippen LogP contribution is -2.29. The first-order valence-electron chi connectivity index (χ1n) is 5.19. The normalized spacial score (nSPS) is 24.5. The van der Waals surface area contributed by atoms with E-state index in [4.69, 9.17) is 5.26 Å².